The molecule has 0 N–H and O–H groups in total. The number of hydrogen-bond acceptors (Lipinski definition) is 1. The molecule has 0 bridgehead atoms. The van der Waals surface area contributed by atoms with Gasteiger partial charge in [-0.2, -0.15) is 0 Å². The van der Waals surface area contributed by atoms with Crippen LogP contribution in [0.1, 0.15) is 43.2 Å². The van der Waals surface area contributed by atoms with E-state index in [9.17, 15) is 0 Å². The minimum Gasteiger partial charge on any atom is -0.497 e. The standard InChI is InChI=1S/C16H22O/c1-13-10-11-16(17-2)12-15(13)9-5-8-14-6-3-4-7-14/h5,9-12,14H,3-4,6-8H2,1-2H3/b9-5-. The summed E-state index contributed by atoms with van der Waals surface area (Å²) in [6, 6.07) is 6.25. The minimum atomic E-state index is 0.928. The average Bonchev–Trinajstić information content (AvgIpc) is 2.84. The molecule has 1 aliphatic carbocycles. The topological polar surface area (TPSA) is 9.23 Å². The Morgan fingerprint density at radius 2 is 2.06 bits per heavy atom. The molecule has 17 heavy (non-hydrogen) atoms. The number of allylic oxidation sites excluding steroid dienone is 1. The van der Waals surface area contributed by atoms with Gasteiger partial charge in [-0.25, -0.2) is 0 Å². The van der Waals surface area contributed by atoms with E-state index < -0.39 is 0 Å². The molecule has 0 saturated heterocycles. The third-order valence-electron chi connectivity index (χ3n) is 3.73. The normalized spacial score (nSPS) is 16.8. The predicted octanol–water partition coefficient (Wildman–Crippen LogP) is 4.60. The van der Waals surface area contributed by atoms with E-state index in [1.54, 1.807) is 7.11 Å². The lowest BCUT2D eigenvalue weighted by Gasteiger charge is -2.06. The fourth-order valence-electron chi connectivity index (χ4n) is 2.56. The summed E-state index contributed by atoms with van der Waals surface area (Å²) < 4.78 is 5.26. The van der Waals surface area contributed by atoms with E-state index in [2.05, 4.69) is 31.2 Å². The molecule has 0 heterocycles. The van der Waals surface area contributed by atoms with Gasteiger partial charge in [0, 0.05) is 0 Å². The summed E-state index contributed by atoms with van der Waals surface area (Å²) in [4.78, 5) is 0. The largest absolute Gasteiger partial charge is 0.497 e. The lowest BCUT2D eigenvalue weighted by Crippen LogP contribution is -1.90. The fraction of sp³-hybridized carbons (Fsp3) is 0.500. The Bertz CT molecular complexity index is 387. The molecule has 1 aromatic carbocycles. The Morgan fingerprint density at radius 3 is 2.76 bits per heavy atom. The van der Waals surface area contributed by atoms with Crippen molar-refractivity contribution in [2.24, 2.45) is 5.92 Å². The second-order valence-corrected chi connectivity index (χ2v) is 5.01. The maximum Gasteiger partial charge on any atom is 0.119 e. The first-order valence-electron chi connectivity index (χ1n) is 6.61. The van der Waals surface area contributed by atoms with Gasteiger partial charge >= 0.3 is 0 Å². The van der Waals surface area contributed by atoms with E-state index in [0.29, 0.717) is 0 Å². The lowest BCUT2D eigenvalue weighted by molar-refractivity contribution is 0.414. The first kappa shape index (κ1) is 12.2. The number of aryl methyl sites for hydroxylation is 1. The molecule has 0 spiro atoms. The highest BCUT2D eigenvalue weighted by molar-refractivity contribution is 5.55. The first-order chi connectivity index (χ1) is 8.29. The minimum absolute atomic E-state index is 0.928. The van der Waals surface area contributed by atoms with E-state index in [1.807, 2.05) is 6.07 Å². The quantitative estimate of drug-likeness (QED) is 0.734. The molecule has 92 valence electrons. The van der Waals surface area contributed by atoms with Crippen LogP contribution in [0.2, 0.25) is 0 Å². The van der Waals surface area contributed by atoms with Crippen LogP contribution in [0.25, 0.3) is 6.08 Å². The molecule has 0 unspecified atom stereocenters. The molecule has 1 aliphatic rings. The Hall–Kier alpha value is -1.24. The van der Waals surface area contributed by atoms with E-state index in [-0.39, 0.29) is 0 Å². The van der Waals surface area contributed by atoms with Gasteiger partial charge in [0.2, 0.25) is 0 Å². The summed E-state index contributed by atoms with van der Waals surface area (Å²) >= 11 is 0. The van der Waals surface area contributed by atoms with Crippen LogP contribution in [-0.2, 0) is 0 Å². The zero-order valence-corrected chi connectivity index (χ0v) is 10.9. The maximum atomic E-state index is 5.26. The fourth-order valence-corrected chi connectivity index (χ4v) is 2.56. The first-order valence-corrected chi connectivity index (χ1v) is 6.61. The van der Waals surface area contributed by atoms with Crippen LogP contribution in [0.4, 0.5) is 0 Å². The summed E-state index contributed by atoms with van der Waals surface area (Å²) in [7, 11) is 1.72. The monoisotopic (exact) mass is 230 g/mol. The van der Waals surface area contributed by atoms with Crippen LogP contribution in [0.15, 0.2) is 24.3 Å². The van der Waals surface area contributed by atoms with E-state index >= 15 is 0 Å². The van der Waals surface area contributed by atoms with Gasteiger partial charge in [0.1, 0.15) is 5.75 Å². The van der Waals surface area contributed by atoms with E-state index in [0.717, 1.165) is 11.7 Å². The zero-order chi connectivity index (χ0) is 12.1. The number of benzene rings is 1. The van der Waals surface area contributed by atoms with Gasteiger partial charge in [0.15, 0.2) is 0 Å². The van der Waals surface area contributed by atoms with Crippen molar-refractivity contribution in [1.29, 1.82) is 0 Å². The molecule has 1 saturated carbocycles. The SMILES string of the molecule is COc1ccc(C)c(/C=C\CC2CCCC2)c1. The molecule has 0 aliphatic heterocycles. The molecule has 2 rings (SSSR count). The predicted molar refractivity (Wildman–Crippen MR) is 73.3 cm³/mol. The Kier molecular flexibility index (Phi) is 4.24. The smallest absolute Gasteiger partial charge is 0.119 e. The Morgan fingerprint density at radius 1 is 1.29 bits per heavy atom. The molecule has 0 aromatic heterocycles. The molecule has 1 fully saturated rings. The number of methoxy groups -OCH3 is 1. The highest BCUT2D eigenvalue weighted by Gasteiger charge is 2.12. The molecule has 1 nitrogen and oxygen atoms in total. The van der Waals surface area contributed by atoms with Crippen molar-refractivity contribution in [2.45, 2.75) is 39.0 Å². The van der Waals surface area contributed by atoms with Crippen molar-refractivity contribution in [3.8, 4) is 5.75 Å². The number of hydrogen-bond donors (Lipinski definition) is 0. The molecule has 0 radical (unpaired) electrons. The number of ether oxygens (including phenoxy) is 1. The van der Waals surface area contributed by atoms with Crippen LogP contribution in [0.5, 0.6) is 5.75 Å². The third kappa shape index (κ3) is 3.36. The van der Waals surface area contributed by atoms with Crippen molar-refractivity contribution < 1.29 is 4.74 Å². The van der Waals surface area contributed by atoms with Crippen molar-refractivity contribution in [3.63, 3.8) is 0 Å². The molecule has 0 atom stereocenters. The van der Waals surface area contributed by atoms with E-state index in [1.165, 1.54) is 43.2 Å². The lowest BCUT2D eigenvalue weighted by atomic mass is 10.0. The van der Waals surface area contributed by atoms with Gasteiger partial charge in [-0.1, -0.05) is 43.9 Å². The maximum absolute atomic E-state index is 5.26. The molecular formula is C16H22O. The van der Waals surface area contributed by atoms with Gasteiger partial charge in [0.05, 0.1) is 7.11 Å². The highest BCUT2D eigenvalue weighted by atomic mass is 16.5. The molecular weight excluding hydrogens is 208 g/mol. The van der Waals surface area contributed by atoms with Gasteiger partial charge in [-0.05, 0) is 42.5 Å². The third-order valence-corrected chi connectivity index (χ3v) is 3.73. The highest BCUT2D eigenvalue weighted by Crippen LogP contribution is 2.28. The second kappa shape index (κ2) is 5.90. The van der Waals surface area contributed by atoms with Crippen LogP contribution in [0.3, 0.4) is 0 Å². The Labute approximate surface area is 104 Å². The molecule has 0 amide bonds. The summed E-state index contributed by atoms with van der Waals surface area (Å²) in [6.07, 6.45) is 11.5. The van der Waals surface area contributed by atoms with E-state index in [4.69, 9.17) is 4.74 Å². The van der Waals surface area contributed by atoms with Crippen molar-refractivity contribution in [2.75, 3.05) is 7.11 Å². The van der Waals surface area contributed by atoms with Crippen LogP contribution in [0, 0.1) is 12.8 Å². The van der Waals surface area contributed by atoms with Gasteiger partial charge < -0.3 is 4.74 Å². The number of rotatable bonds is 4. The summed E-state index contributed by atoms with van der Waals surface area (Å²) in [5.41, 5.74) is 2.59. The van der Waals surface area contributed by atoms with Crippen molar-refractivity contribution in [3.05, 3.63) is 35.4 Å². The Balaban J connectivity index is 1.98. The average molecular weight is 230 g/mol. The summed E-state index contributed by atoms with van der Waals surface area (Å²) in [5, 5.41) is 0. The van der Waals surface area contributed by atoms with Crippen LogP contribution >= 0.6 is 0 Å². The summed E-state index contributed by atoms with van der Waals surface area (Å²) in [6.45, 7) is 2.15. The zero-order valence-electron chi connectivity index (χ0n) is 10.9. The van der Waals surface area contributed by atoms with Gasteiger partial charge in [-0.3, -0.25) is 0 Å². The van der Waals surface area contributed by atoms with Gasteiger partial charge in [0.25, 0.3) is 0 Å². The summed E-state index contributed by atoms with van der Waals surface area (Å²) in [5.74, 6) is 1.87. The molecule has 1 aromatic rings. The molecule has 1 heteroatoms. The van der Waals surface area contributed by atoms with Crippen LogP contribution < -0.4 is 4.74 Å². The van der Waals surface area contributed by atoms with Crippen LogP contribution in [-0.4, -0.2) is 7.11 Å². The second-order valence-electron chi connectivity index (χ2n) is 5.01. The van der Waals surface area contributed by atoms with Crippen molar-refractivity contribution >= 4 is 6.08 Å². The van der Waals surface area contributed by atoms with Crippen molar-refractivity contribution in [1.82, 2.24) is 0 Å². The van der Waals surface area contributed by atoms with Gasteiger partial charge in [-0.15, -0.1) is 0 Å².